The van der Waals surface area contributed by atoms with Crippen LogP contribution in [0.15, 0.2) is 10.9 Å². The number of rotatable bonds is 3. The minimum Gasteiger partial charge on any atom is -0.480 e. The van der Waals surface area contributed by atoms with Crippen molar-refractivity contribution in [2.45, 2.75) is 37.3 Å². The van der Waals surface area contributed by atoms with Crippen molar-refractivity contribution in [1.29, 1.82) is 0 Å². The van der Waals surface area contributed by atoms with E-state index in [-0.39, 0.29) is 24.4 Å². The maximum atomic E-state index is 11.6. The third-order valence-corrected chi connectivity index (χ3v) is 3.57. The fraction of sp³-hybridized carbons (Fsp3) is 0.583. The van der Waals surface area contributed by atoms with Gasteiger partial charge in [0.1, 0.15) is 17.7 Å². The second-order valence-electron chi connectivity index (χ2n) is 5.16. The van der Waals surface area contributed by atoms with Gasteiger partial charge in [0.2, 0.25) is 0 Å². The Morgan fingerprint density at radius 3 is 2.84 bits per heavy atom. The van der Waals surface area contributed by atoms with Crippen LogP contribution in [0.1, 0.15) is 31.0 Å². The van der Waals surface area contributed by atoms with Gasteiger partial charge in [0.05, 0.1) is 6.10 Å². The second-order valence-corrected chi connectivity index (χ2v) is 5.16. The van der Waals surface area contributed by atoms with E-state index >= 15 is 0 Å². The zero-order valence-corrected chi connectivity index (χ0v) is 10.2. The van der Waals surface area contributed by atoms with E-state index in [4.69, 9.17) is 5.11 Å². The van der Waals surface area contributed by atoms with Gasteiger partial charge in [-0.05, 0) is 12.8 Å². The first kappa shape index (κ1) is 12.2. The Morgan fingerprint density at radius 1 is 1.47 bits per heavy atom. The molecule has 2 fully saturated rings. The monoisotopic (exact) mass is 265 g/mol. The lowest BCUT2D eigenvalue weighted by atomic mass is 10.2. The molecule has 7 nitrogen and oxygen atoms in total. The number of carbonyl (C=O) groups is 1. The fourth-order valence-electron chi connectivity index (χ4n) is 2.46. The molecule has 3 rings (SSSR count). The van der Waals surface area contributed by atoms with Crippen molar-refractivity contribution in [3.63, 3.8) is 0 Å². The summed E-state index contributed by atoms with van der Waals surface area (Å²) in [5, 5.41) is 18.8. The van der Waals surface area contributed by atoms with Crippen LogP contribution in [0.5, 0.6) is 0 Å². The van der Waals surface area contributed by atoms with Gasteiger partial charge in [-0.25, -0.2) is 9.78 Å². The van der Waals surface area contributed by atoms with Crippen molar-refractivity contribution in [2.24, 2.45) is 0 Å². The summed E-state index contributed by atoms with van der Waals surface area (Å²) in [4.78, 5) is 31.3. The van der Waals surface area contributed by atoms with Crippen LogP contribution in [0.25, 0.3) is 0 Å². The summed E-state index contributed by atoms with van der Waals surface area (Å²) >= 11 is 0. The van der Waals surface area contributed by atoms with Gasteiger partial charge in [-0.1, -0.05) is 0 Å². The van der Waals surface area contributed by atoms with Gasteiger partial charge in [-0.2, -0.15) is 0 Å². The summed E-state index contributed by atoms with van der Waals surface area (Å²) in [5.74, 6) is 0.234. The molecule has 1 aromatic heterocycles. The van der Waals surface area contributed by atoms with Crippen molar-refractivity contribution in [3.05, 3.63) is 22.2 Å². The second kappa shape index (κ2) is 4.34. The highest BCUT2D eigenvalue weighted by molar-refractivity contribution is 5.78. The molecule has 1 aliphatic heterocycles. The Balaban J connectivity index is 1.96. The Morgan fingerprint density at radius 2 is 2.21 bits per heavy atom. The molecule has 0 spiro atoms. The van der Waals surface area contributed by atoms with E-state index in [2.05, 4.69) is 9.97 Å². The first-order valence-electron chi connectivity index (χ1n) is 6.33. The number of H-pyrrole nitrogens is 1. The van der Waals surface area contributed by atoms with E-state index in [0.29, 0.717) is 11.6 Å². The Kier molecular flexibility index (Phi) is 2.78. The Bertz CT molecular complexity index is 566. The summed E-state index contributed by atoms with van der Waals surface area (Å²) in [6, 6.07) is 0.469. The average molecular weight is 265 g/mol. The zero-order valence-electron chi connectivity index (χ0n) is 10.2. The number of nitrogens with one attached hydrogen (secondary N) is 1. The quantitative estimate of drug-likeness (QED) is 0.691. The van der Waals surface area contributed by atoms with Crippen LogP contribution in [0.2, 0.25) is 0 Å². The molecule has 19 heavy (non-hydrogen) atoms. The molecule has 2 unspecified atom stereocenters. The molecule has 1 saturated heterocycles. The van der Waals surface area contributed by atoms with Crippen LogP contribution < -0.4 is 10.5 Å². The molecule has 2 heterocycles. The normalized spacial score (nSPS) is 26.7. The summed E-state index contributed by atoms with van der Waals surface area (Å²) in [6.45, 7) is 0.192. The van der Waals surface area contributed by atoms with Crippen molar-refractivity contribution in [1.82, 2.24) is 9.97 Å². The summed E-state index contributed by atoms with van der Waals surface area (Å²) in [7, 11) is 0. The molecule has 1 aromatic rings. The number of β-amino-alcohol motifs (C(OH)–C–C–N with tert-alkyl or cyclic N) is 1. The third kappa shape index (κ3) is 2.33. The van der Waals surface area contributed by atoms with Crippen LogP contribution in [0, 0.1) is 0 Å². The number of carboxylic acid groups (broad SMARTS) is 1. The van der Waals surface area contributed by atoms with Crippen LogP contribution >= 0.6 is 0 Å². The lowest BCUT2D eigenvalue weighted by molar-refractivity contribution is -0.138. The lowest BCUT2D eigenvalue weighted by Gasteiger charge is -2.22. The number of hydrogen-bond acceptors (Lipinski definition) is 5. The SMILES string of the molecule is O=C(O)C1CC(O)CN1c1cc(=O)[nH]c(C2CC2)n1. The Hall–Kier alpha value is -1.89. The number of carboxylic acids is 1. The number of aromatic nitrogens is 2. The van der Waals surface area contributed by atoms with Crippen molar-refractivity contribution in [3.8, 4) is 0 Å². The molecular formula is C12H15N3O4. The molecular weight excluding hydrogens is 250 g/mol. The maximum Gasteiger partial charge on any atom is 0.326 e. The van der Waals surface area contributed by atoms with Crippen LogP contribution in [-0.4, -0.2) is 44.8 Å². The topological polar surface area (TPSA) is 107 Å². The molecule has 2 atom stereocenters. The molecule has 1 saturated carbocycles. The number of hydrogen-bond donors (Lipinski definition) is 3. The minimum absolute atomic E-state index is 0.155. The molecule has 0 bridgehead atoms. The Labute approximate surface area is 108 Å². The number of nitrogens with zero attached hydrogens (tertiary/aromatic N) is 2. The van der Waals surface area contributed by atoms with Crippen molar-refractivity contribution < 1.29 is 15.0 Å². The molecule has 3 N–H and O–H groups in total. The predicted molar refractivity (Wildman–Crippen MR) is 66.2 cm³/mol. The third-order valence-electron chi connectivity index (χ3n) is 3.57. The molecule has 0 amide bonds. The highest BCUT2D eigenvalue weighted by Gasteiger charge is 2.37. The summed E-state index contributed by atoms with van der Waals surface area (Å²) < 4.78 is 0. The van der Waals surface area contributed by atoms with Crippen molar-refractivity contribution >= 4 is 11.8 Å². The predicted octanol–water partition coefficient (Wildman–Crippen LogP) is -0.329. The number of aromatic amines is 1. The molecule has 102 valence electrons. The molecule has 0 aromatic carbocycles. The maximum absolute atomic E-state index is 11.6. The summed E-state index contributed by atoms with van der Waals surface area (Å²) in [6.07, 6.45) is 1.45. The van der Waals surface area contributed by atoms with Crippen LogP contribution in [0.4, 0.5) is 5.82 Å². The van der Waals surface area contributed by atoms with E-state index < -0.39 is 18.1 Å². The van der Waals surface area contributed by atoms with Gasteiger partial charge in [0, 0.05) is 24.9 Å². The van der Waals surface area contributed by atoms with Gasteiger partial charge in [-0.3, -0.25) is 4.79 Å². The lowest BCUT2D eigenvalue weighted by Crippen LogP contribution is -2.37. The highest BCUT2D eigenvalue weighted by Crippen LogP contribution is 2.38. The average Bonchev–Trinajstić information content (AvgIpc) is 3.11. The number of aliphatic carboxylic acids is 1. The molecule has 1 aliphatic carbocycles. The van der Waals surface area contributed by atoms with Gasteiger partial charge in [0.15, 0.2) is 0 Å². The first-order valence-corrected chi connectivity index (χ1v) is 6.33. The van der Waals surface area contributed by atoms with Crippen molar-refractivity contribution in [2.75, 3.05) is 11.4 Å². The van der Waals surface area contributed by atoms with E-state index in [1.54, 1.807) is 0 Å². The molecule has 2 aliphatic rings. The largest absolute Gasteiger partial charge is 0.480 e. The van der Waals surface area contributed by atoms with Gasteiger partial charge in [-0.15, -0.1) is 0 Å². The van der Waals surface area contributed by atoms with Crippen LogP contribution in [-0.2, 0) is 4.79 Å². The van der Waals surface area contributed by atoms with Gasteiger partial charge in [0.25, 0.3) is 5.56 Å². The van der Waals surface area contributed by atoms with E-state index in [9.17, 15) is 14.7 Å². The van der Waals surface area contributed by atoms with Gasteiger partial charge >= 0.3 is 5.97 Å². The zero-order chi connectivity index (χ0) is 13.6. The first-order chi connectivity index (χ1) is 9.04. The fourth-order valence-corrected chi connectivity index (χ4v) is 2.46. The number of aliphatic hydroxyl groups excluding tert-OH is 1. The standard InChI is InChI=1S/C12H15N3O4/c16-7-3-8(12(18)19)15(5-7)9-4-10(17)14-11(13-9)6-1-2-6/h4,6-8,16H,1-3,5H2,(H,18,19)(H,13,14,17). The minimum atomic E-state index is -1.01. The smallest absolute Gasteiger partial charge is 0.326 e. The summed E-state index contributed by atoms with van der Waals surface area (Å²) in [5.41, 5.74) is -0.280. The van der Waals surface area contributed by atoms with Crippen LogP contribution in [0.3, 0.4) is 0 Å². The highest BCUT2D eigenvalue weighted by atomic mass is 16.4. The number of aliphatic hydroxyl groups is 1. The van der Waals surface area contributed by atoms with E-state index in [1.165, 1.54) is 11.0 Å². The molecule has 0 radical (unpaired) electrons. The van der Waals surface area contributed by atoms with Gasteiger partial charge < -0.3 is 20.1 Å². The van der Waals surface area contributed by atoms with E-state index in [1.807, 2.05) is 0 Å². The number of anilines is 1. The molecule has 7 heteroatoms. The van der Waals surface area contributed by atoms with E-state index in [0.717, 1.165) is 12.8 Å².